The minimum atomic E-state index is -3.82. The van der Waals surface area contributed by atoms with E-state index < -0.39 is 15.9 Å². The molecular formula is C32H31BrN2O6S. The van der Waals surface area contributed by atoms with E-state index in [9.17, 15) is 22.8 Å². The minimum absolute atomic E-state index is 0.0646. The highest BCUT2D eigenvalue weighted by atomic mass is 79.9. The van der Waals surface area contributed by atoms with Crippen molar-refractivity contribution >= 4 is 49.2 Å². The second-order valence-corrected chi connectivity index (χ2v) is 13.1. The average Bonchev–Trinajstić information content (AvgIpc) is 3.00. The number of rotatable bonds is 7. The number of carbonyl (C=O) groups excluding carboxylic acids is 3. The second-order valence-electron chi connectivity index (χ2n) is 10.3. The number of esters is 1. The standard InChI is InChI=1S/C32H31BrN2O6S/c1-3-41-32(38)24-15-17-34(18-16-24)42(39,40)27-13-10-23(11-14-27)31(37)35-20-25-9-12-26(33)19-28(25)29(30(35)21(2)36)22-7-5-4-6-8-22/h4-14,19,24H,3,15-18,20H2,1-2H3. The number of allylic oxidation sites excluding steroid dienone is 1. The van der Waals surface area contributed by atoms with Crippen LogP contribution in [0.4, 0.5) is 0 Å². The molecule has 0 spiro atoms. The van der Waals surface area contributed by atoms with Gasteiger partial charge < -0.3 is 4.74 Å². The quantitative estimate of drug-likeness (QED) is 0.317. The molecule has 0 radical (unpaired) electrons. The third kappa shape index (κ3) is 5.84. The highest BCUT2D eigenvalue weighted by Gasteiger charge is 2.35. The lowest BCUT2D eigenvalue weighted by Crippen LogP contribution is -2.40. The molecule has 2 heterocycles. The molecule has 0 atom stereocenters. The van der Waals surface area contributed by atoms with Gasteiger partial charge in [-0.1, -0.05) is 52.3 Å². The van der Waals surface area contributed by atoms with Crippen LogP contribution < -0.4 is 0 Å². The van der Waals surface area contributed by atoms with Crippen molar-refractivity contribution in [3.63, 3.8) is 0 Å². The van der Waals surface area contributed by atoms with Crippen molar-refractivity contribution in [1.82, 2.24) is 9.21 Å². The summed E-state index contributed by atoms with van der Waals surface area (Å²) >= 11 is 3.53. The molecule has 3 aromatic rings. The summed E-state index contributed by atoms with van der Waals surface area (Å²) in [6.07, 6.45) is 0.789. The van der Waals surface area contributed by atoms with E-state index in [1.807, 2.05) is 48.5 Å². The van der Waals surface area contributed by atoms with E-state index in [2.05, 4.69) is 15.9 Å². The Morgan fingerprint density at radius 3 is 2.24 bits per heavy atom. The van der Waals surface area contributed by atoms with E-state index in [4.69, 9.17) is 4.74 Å². The highest BCUT2D eigenvalue weighted by Crippen LogP contribution is 2.39. The lowest BCUT2D eigenvalue weighted by molar-refractivity contribution is -0.149. The zero-order chi connectivity index (χ0) is 30.0. The Labute approximate surface area is 254 Å². The van der Waals surface area contributed by atoms with Crippen LogP contribution in [0.5, 0.6) is 0 Å². The summed E-state index contributed by atoms with van der Waals surface area (Å²) in [5.41, 5.74) is 3.80. The zero-order valence-corrected chi connectivity index (χ0v) is 25.8. The maximum absolute atomic E-state index is 13.9. The van der Waals surface area contributed by atoms with Gasteiger partial charge in [-0.15, -0.1) is 0 Å². The van der Waals surface area contributed by atoms with Crippen molar-refractivity contribution in [2.75, 3.05) is 19.7 Å². The summed E-state index contributed by atoms with van der Waals surface area (Å²) in [4.78, 5) is 40.6. The van der Waals surface area contributed by atoms with E-state index in [0.29, 0.717) is 25.0 Å². The number of halogens is 1. The van der Waals surface area contributed by atoms with E-state index in [1.165, 1.54) is 40.4 Å². The predicted octanol–water partition coefficient (Wildman–Crippen LogP) is 5.42. The van der Waals surface area contributed by atoms with Crippen LogP contribution in [0.2, 0.25) is 0 Å². The predicted molar refractivity (Wildman–Crippen MR) is 162 cm³/mol. The summed E-state index contributed by atoms with van der Waals surface area (Å²) in [5, 5.41) is 0. The number of piperidine rings is 1. The third-order valence-electron chi connectivity index (χ3n) is 7.63. The van der Waals surface area contributed by atoms with Gasteiger partial charge in [0.15, 0.2) is 5.78 Å². The second kappa shape index (κ2) is 12.3. The lowest BCUT2D eigenvalue weighted by Gasteiger charge is -2.33. The molecule has 1 fully saturated rings. The number of benzene rings is 3. The molecule has 42 heavy (non-hydrogen) atoms. The summed E-state index contributed by atoms with van der Waals surface area (Å²) in [6, 6.07) is 21.1. The van der Waals surface area contributed by atoms with Crippen LogP contribution in [0.25, 0.3) is 5.57 Å². The molecule has 0 aromatic heterocycles. The smallest absolute Gasteiger partial charge is 0.309 e. The zero-order valence-electron chi connectivity index (χ0n) is 23.4. The van der Waals surface area contributed by atoms with Crippen molar-refractivity contribution in [3.8, 4) is 0 Å². The summed E-state index contributed by atoms with van der Waals surface area (Å²) in [7, 11) is -3.82. The van der Waals surface area contributed by atoms with Gasteiger partial charge in [0.25, 0.3) is 5.91 Å². The molecule has 10 heteroatoms. The highest BCUT2D eigenvalue weighted by molar-refractivity contribution is 9.10. The van der Waals surface area contributed by atoms with Gasteiger partial charge >= 0.3 is 5.97 Å². The van der Waals surface area contributed by atoms with Crippen molar-refractivity contribution in [3.05, 3.63) is 105 Å². The molecule has 2 aliphatic rings. The molecule has 0 aliphatic carbocycles. The van der Waals surface area contributed by atoms with E-state index in [1.54, 1.807) is 6.92 Å². The van der Waals surface area contributed by atoms with E-state index in [-0.39, 0.29) is 53.5 Å². The lowest BCUT2D eigenvalue weighted by atomic mass is 9.87. The van der Waals surface area contributed by atoms with E-state index in [0.717, 1.165) is 21.2 Å². The van der Waals surface area contributed by atoms with Gasteiger partial charge in [0.2, 0.25) is 10.0 Å². The molecule has 0 N–H and O–H groups in total. The molecule has 218 valence electrons. The average molecular weight is 652 g/mol. The number of Topliss-reactive ketones (excluding diaryl/α,β-unsaturated/α-hetero) is 1. The first-order valence-corrected chi connectivity index (χ1v) is 16.0. The normalized spacial score (nSPS) is 16.2. The Morgan fingerprint density at radius 2 is 1.62 bits per heavy atom. The van der Waals surface area contributed by atoms with Crippen LogP contribution in [0.15, 0.2) is 87.9 Å². The molecular weight excluding hydrogens is 620 g/mol. The molecule has 5 rings (SSSR count). The molecule has 1 amide bonds. The van der Waals surface area contributed by atoms with Crippen LogP contribution in [0.3, 0.4) is 0 Å². The third-order valence-corrected chi connectivity index (χ3v) is 10.0. The fourth-order valence-electron chi connectivity index (χ4n) is 5.53. The molecule has 0 bridgehead atoms. The van der Waals surface area contributed by atoms with Gasteiger partial charge in [0.05, 0.1) is 29.7 Å². The number of amides is 1. The van der Waals surface area contributed by atoms with Gasteiger partial charge in [0, 0.05) is 35.6 Å². The SMILES string of the molecule is CCOC(=O)C1CCN(S(=O)(=O)c2ccc(C(=O)N3Cc4ccc(Br)cc4C(c4ccccc4)=C3C(C)=O)cc2)CC1. The Morgan fingerprint density at radius 1 is 0.952 bits per heavy atom. The summed E-state index contributed by atoms with van der Waals surface area (Å²) in [6.45, 7) is 4.11. The number of hydrogen-bond acceptors (Lipinski definition) is 6. The van der Waals surface area contributed by atoms with Gasteiger partial charge in [-0.3, -0.25) is 19.3 Å². The first-order valence-electron chi connectivity index (χ1n) is 13.8. The Bertz CT molecular complexity index is 1660. The number of nitrogens with zero attached hydrogens (tertiary/aromatic N) is 2. The topological polar surface area (TPSA) is 101 Å². The summed E-state index contributed by atoms with van der Waals surface area (Å²) in [5.74, 6) is -1.25. The van der Waals surface area contributed by atoms with Crippen LogP contribution >= 0.6 is 15.9 Å². The van der Waals surface area contributed by atoms with Gasteiger partial charge in [-0.05, 0) is 72.9 Å². The number of ketones is 1. The fourth-order valence-corrected chi connectivity index (χ4v) is 7.36. The van der Waals surface area contributed by atoms with Gasteiger partial charge in [-0.25, -0.2) is 8.42 Å². The van der Waals surface area contributed by atoms with Crippen molar-refractivity contribution in [2.45, 2.75) is 38.1 Å². The molecule has 0 saturated carbocycles. The van der Waals surface area contributed by atoms with Crippen LogP contribution in [-0.4, -0.2) is 55.0 Å². The number of fused-ring (bicyclic) bond motifs is 1. The van der Waals surface area contributed by atoms with Crippen LogP contribution in [0.1, 0.15) is 53.7 Å². The van der Waals surface area contributed by atoms with Crippen LogP contribution in [0, 0.1) is 5.92 Å². The molecule has 8 nitrogen and oxygen atoms in total. The first-order chi connectivity index (χ1) is 20.1. The molecule has 0 unspecified atom stereocenters. The number of carbonyl (C=O) groups is 3. The minimum Gasteiger partial charge on any atom is -0.466 e. The Balaban J connectivity index is 1.44. The number of hydrogen-bond donors (Lipinski definition) is 0. The Hall–Kier alpha value is -3.60. The first kappa shape index (κ1) is 29.9. The largest absolute Gasteiger partial charge is 0.466 e. The van der Waals surface area contributed by atoms with E-state index >= 15 is 0 Å². The van der Waals surface area contributed by atoms with Gasteiger partial charge in [0.1, 0.15) is 0 Å². The summed E-state index contributed by atoms with van der Waals surface area (Å²) < 4.78 is 34.0. The fraction of sp³-hybridized carbons (Fsp3) is 0.281. The van der Waals surface area contributed by atoms with Crippen molar-refractivity contribution in [2.24, 2.45) is 5.92 Å². The monoisotopic (exact) mass is 650 g/mol. The van der Waals surface area contributed by atoms with Gasteiger partial charge in [-0.2, -0.15) is 4.31 Å². The van der Waals surface area contributed by atoms with Crippen molar-refractivity contribution < 1.29 is 27.5 Å². The maximum atomic E-state index is 13.9. The number of ether oxygens (including phenoxy) is 1. The van der Waals surface area contributed by atoms with Crippen LogP contribution in [-0.2, 0) is 30.9 Å². The molecule has 2 aliphatic heterocycles. The number of sulfonamides is 1. The molecule has 3 aromatic carbocycles. The van der Waals surface area contributed by atoms with Crippen molar-refractivity contribution in [1.29, 1.82) is 0 Å². The maximum Gasteiger partial charge on any atom is 0.309 e. The molecule has 1 saturated heterocycles. The Kier molecular flexibility index (Phi) is 8.77.